The van der Waals surface area contributed by atoms with Crippen LogP contribution < -0.4 is 10.1 Å². The van der Waals surface area contributed by atoms with E-state index in [1.165, 1.54) is 0 Å². The molecule has 3 nitrogen and oxygen atoms in total. The van der Waals surface area contributed by atoms with Gasteiger partial charge in [-0.15, -0.1) is 0 Å². The molecule has 0 aliphatic heterocycles. The van der Waals surface area contributed by atoms with Crippen LogP contribution in [0.3, 0.4) is 0 Å². The molecule has 0 amide bonds. The molecule has 0 radical (unpaired) electrons. The lowest BCUT2D eigenvalue weighted by molar-refractivity contribution is 0.112. The van der Waals surface area contributed by atoms with Gasteiger partial charge in [0.05, 0.1) is 0 Å². The molecule has 0 saturated carbocycles. The van der Waals surface area contributed by atoms with Gasteiger partial charge in [0.1, 0.15) is 18.6 Å². The molecule has 23 heavy (non-hydrogen) atoms. The average Bonchev–Trinajstić information content (AvgIpc) is 2.62. The third kappa shape index (κ3) is 3.98. The number of carbonyl (C=O) groups is 1. The standard InChI is InChI=1S/C20H17NO2/c22-14-16-6-4-5-7-17(16)15-23-20-12-10-19(11-13-20)21-18-8-2-1-3-9-18/h1-14,21H,15H2. The molecule has 0 fully saturated rings. The Balaban J connectivity index is 1.62. The number of para-hydroxylation sites is 1. The van der Waals surface area contributed by atoms with Crippen molar-refractivity contribution < 1.29 is 9.53 Å². The summed E-state index contributed by atoms with van der Waals surface area (Å²) in [5.41, 5.74) is 3.58. The Hall–Kier alpha value is -3.07. The predicted octanol–water partition coefficient (Wildman–Crippen LogP) is 4.82. The minimum absolute atomic E-state index is 0.375. The number of ether oxygens (including phenoxy) is 1. The van der Waals surface area contributed by atoms with Crippen LogP contribution in [0.5, 0.6) is 5.75 Å². The number of carbonyl (C=O) groups excluding carboxylic acids is 1. The summed E-state index contributed by atoms with van der Waals surface area (Å²) in [4.78, 5) is 11.0. The number of rotatable bonds is 6. The number of hydrogen-bond donors (Lipinski definition) is 1. The molecule has 0 spiro atoms. The van der Waals surface area contributed by atoms with Crippen LogP contribution in [0.2, 0.25) is 0 Å². The first-order valence-electron chi connectivity index (χ1n) is 7.43. The van der Waals surface area contributed by atoms with Gasteiger partial charge >= 0.3 is 0 Å². The van der Waals surface area contributed by atoms with Gasteiger partial charge in [0.15, 0.2) is 0 Å². The molecule has 0 unspecified atom stereocenters. The van der Waals surface area contributed by atoms with E-state index in [4.69, 9.17) is 4.74 Å². The van der Waals surface area contributed by atoms with Crippen LogP contribution in [0, 0.1) is 0 Å². The molecule has 0 bridgehead atoms. The Morgan fingerprint density at radius 2 is 1.43 bits per heavy atom. The highest BCUT2D eigenvalue weighted by Gasteiger charge is 2.02. The van der Waals surface area contributed by atoms with Crippen LogP contribution >= 0.6 is 0 Å². The highest BCUT2D eigenvalue weighted by Crippen LogP contribution is 2.21. The van der Waals surface area contributed by atoms with Crippen molar-refractivity contribution in [2.75, 3.05) is 5.32 Å². The van der Waals surface area contributed by atoms with Crippen molar-refractivity contribution in [3.05, 3.63) is 90.0 Å². The number of hydrogen-bond acceptors (Lipinski definition) is 3. The Kier molecular flexibility index (Phi) is 4.69. The fraction of sp³-hybridized carbons (Fsp3) is 0.0500. The van der Waals surface area contributed by atoms with Crippen LogP contribution in [-0.4, -0.2) is 6.29 Å². The van der Waals surface area contributed by atoms with E-state index >= 15 is 0 Å². The van der Waals surface area contributed by atoms with Gasteiger partial charge in [0, 0.05) is 16.9 Å². The summed E-state index contributed by atoms with van der Waals surface area (Å²) in [7, 11) is 0. The highest BCUT2D eigenvalue weighted by molar-refractivity contribution is 5.77. The first kappa shape index (κ1) is 14.9. The summed E-state index contributed by atoms with van der Waals surface area (Å²) in [6.45, 7) is 0.375. The van der Waals surface area contributed by atoms with Gasteiger partial charge in [-0.2, -0.15) is 0 Å². The van der Waals surface area contributed by atoms with Gasteiger partial charge in [0.25, 0.3) is 0 Å². The van der Waals surface area contributed by atoms with E-state index in [-0.39, 0.29) is 0 Å². The van der Waals surface area contributed by atoms with E-state index in [0.717, 1.165) is 29.0 Å². The second-order valence-electron chi connectivity index (χ2n) is 5.12. The SMILES string of the molecule is O=Cc1ccccc1COc1ccc(Nc2ccccc2)cc1. The van der Waals surface area contributed by atoms with Gasteiger partial charge in [-0.1, -0.05) is 42.5 Å². The van der Waals surface area contributed by atoms with Crippen molar-refractivity contribution in [3.63, 3.8) is 0 Å². The topological polar surface area (TPSA) is 38.3 Å². The van der Waals surface area contributed by atoms with Crippen molar-refractivity contribution in [3.8, 4) is 5.75 Å². The quantitative estimate of drug-likeness (QED) is 0.663. The molecule has 0 saturated heterocycles. The van der Waals surface area contributed by atoms with Crippen LogP contribution in [0.4, 0.5) is 11.4 Å². The Morgan fingerprint density at radius 1 is 0.783 bits per heavy atom. The third-order valence-corrected chi connectivity index (χ3v) is 3.49. The number of nitrogens with one attached hydrogen (secondary N) is 1. The maximum absolute atomic E-state index is 11.0. The number of anilines is 2. The first-order chi connectivity index (χ1) is 11.3. The zero-order valence-corrected chi connectivity index (χ0v) is 12.6. The summed E-state index contributed by atoms with van der Waals surface area (Å²) in [5.74, 6) is 0.768. The fourth-order valence-corrected chi connectivity index (χ4v) is 2.26. The molecular weight excluding hydrogens is 286 g/mol. The Bertz CT molecular complexity index is 767. The molecule has 0 atom stereocenters. The summed E-state index contributed by atoms with van der Waals surface area (Å²) in [5, 5.41) is 3.32. The normalized spacial score (nSPS) is 10.1. The Labute approximate surface area is 135 Å². The van der Waals surface area contributed by atoms with Crippen molar-refractivity contribution in [1.29, 1.82) is 0 Å². The molecule has 1 N–H and O–H groups in total. The molecule has 114 valence electrons. The summed E-state index contributed by atoms with van der Waals surface area (Å²) < 4.78 is 5.75. The largest absolute Gasteiger partial charge is 0.489 e. The van der Waals surface area contributed by atoms with Crippen LogP contribution in [-0.2, 0) is 6.61 Å². The molecule has 3 aromatic rings. The Morgan fingerprint density at radius 3 is 2.17 bits per heavy atom. The van der Waals surface area contributed by atoms with Crippen LogP contribution in [0.25, 0.3) is 0 Å². The van der Waals surface area contributed by atoms with Gasteiger partial charge in [0.2, 0.25) is 0 Å². The molecule has 0 heterocycles. The van der Waals surface area contributed by atoms with Gasteiger partial charge in [-0.25, -0.2) is 0 Å². The van der Waals surface area contributed by atoms with E-state index in [1.54, 1.807) is 6.07 Å². The van der Waals surface area contributed by atoms with E-state index in [2.05, 4.69) is 5.32 Å². The smallest absolute Gasteiger partial charge is 0.150 e. The lowest BCUT2D eigenvalue weighted by Gasteiger charge is -2.10. The molecule has 0 aromatic heterocycles. The lowest BCUT2D eigenvalue weighted by Crippen LogP contribution is -1.99. The minimum atomic E-state index is 0.375. The third-order valence-electron chi connectivity index (χ3n) is 3.49. The maximum Gasteiger partial charge on any atom is 0.150 e. The zero-order chi connectivity index (χ0) is 15.9. The first-order valence-corrected chi connectivity index (χ1v) is 7.43. The second-order valence-corrected chi connectivity index (χ2v) is 5.12. The minimum Gasteiger partial charge on any atom is -0.489 e. The lowest BCUT2D eigenvalue weighted by atomic mass is 10.1. The molecule has 3 aromatic carbocycles. The van der Waals surface area contributed by atoms with Crippen molar-refractivity contribution >= 4 is 17.7 Å². The van der Waals surface area contributed by atoms with Gasteiger partial charge in [-0.05, 0) is 42.0 Å². The van der Waals surface area contributed by atoms with E-state index in [1.807, 2.05) is 72.8 Å². The summed E-state index contributed by atoms with van der Waals surface area (Å²) >= 11 is 0. The monoisotopic (exact) mass is 303 g/mol. The molecule has 3 heteroatoms. The zero-order valence-electron chi connectivity index (χ0n) is 12.6. The molecular formula is C20H17NO2. The highest BCUT2D eigenvalue weighted by atomic mass is 16.5. The van der Waals surface area contributed by atoms with Crippen molar-refractivity contribution in [1.82, 2.24) is 0 Å². The van der Waals surface area contributed by atoms with Crippen molar-refractivity contribution in [2.45, 2.75) is 6.61 Å². The summed E-state index contributed by atoms with van der Waals surface area (Å²) in [6.07, 6.45) is 0.853. The van der Waals surface area contributed by atoms with Crippen molar-refractivity contribution in [2.24, 2.45) is 0 Å². The average molecular weight is 303 g/mol. The molecule has 0 aliphatic carbocycles. The van der Waals surface area contributed by atoms with Gasteiger partial charge in [-0.3, -0.25) is 4.79 Å². The maximum atomic E-state index is 11.0. The number of aldehydes is 1. The van der Waals surface area contributed by atoms with E-state index in [9.17, 15) is 4.79 Å². The van der Waals surface area contributed by atoms with E-state index in [0.29, 0.717) is 12.2 Å². The fourth-order valence-electron chi connectivity index (χ4n) is 2.26. The molecule has 0 aliphatic rings. The van der Waals surface area contributed by atoms with E-state index < -0.39 is 0 Å². The summed E-state index contributed by atoms with van der Waals surface area (Å²) in [6, 6.07) is 25.2. The number of benzene rings is 3. The van der Waals surface area contributed by atoms with Crippen LogP contribution in [0.1, 0.15) is 15.9 Å². The predicted molar refractivity (Wildman–Crippen MR) is 92.3 cm³/mol. The molecule has 3 rings (SSSR count). The second kappa shape index (κ2) is 7.27. The van der Waals surface area contributed by atoms with Gasteiger partial charge < -0.3 is 10.1 Å². The van der Waals surface area contributed by atoms with Crippen LogP contribution in [0.15, 0.2) is 78.9 Å².